The number of rotatable bonds is 5. The smallest absolute Gasteiger partial charge is 0.306 e. The van der Waals surface area contributed by atoms with Crippen LogP contribution in [0.25, 0.3) is 0 Å². The summed E-state index contributed by atoms with van der Waals surface area (Å²) < 4.78 is 30.9. The van der Waals surface area contributed by atoms with Crippen LogP contribution in [0, 0.1) is 0 Å². The summed E-state index contributed by atoms with van der Waals surface area (Å²) in [6.45, 7) is 5.24. The first-order valence-corrected chi connectivity index (χ1v) is 6.67. The molecular weight excluding hydrogens is 234 g/mol. The van der Waals surface area contributed by atoms with Crippen LogP contribution in [0.15, 0.2) is 0 Å². The van der Waals surface area contributed by atoms with Crippen LogP contribution in [-0.2, 0) is 23.8 Å². The van der Waals surface area contributed by atoms with Gasteiger partial charge in [-0.25, -0.2) is 0 Å². The Labute approximate surface area is 96.2 Å². The molecule has 0 aliphatic rings. The summed E-state index contributed by atoms with van der Waals surface area (Å²) in [5.74, 6) is -0.431. The van der Waals surface area contributed by atoms with Crippen LogP contribution in [0.5, 0.6) is 0 Å². The van der Waals surface area contributed by atoms with Gasteiger partial charge in [-0.05, 0) is 27.2 Å². The zero-order chi connectivity index (χ0) is 13.0. The standard InChI is InChI=1S/C9H19NO5S/c1-9(2,3)14-8(11)6-5-7(10)15-16(4,12)13/h7H,5-6,10H2,1-4H3. The minimum absolute atomic E-state index is 0.0218. The lowest BCUT2D eigenvalue weighted by Crippen LogP contribution is -2.29. The Bertz CT molecular complexity index is 330. The van der Waals surface area contributed by atoms with E-state index < -0.39 is 27.9 Å². The second-order valence-corrected chi connectivity index (χ2v) is 6.06. The second kappa shape index (κ2) is 5.60. The van der Waals surface area contributed by atoms with Gasteiger partial charge in [0.05, 0.1) is 6.26 Å². The minimum Gasteiger partial charge on any atom is -0.460 e. The van der Waals surface area contributed by atoms with Crippen molar-refractivity contribution < 1.29 is 22.1 Å². The van der Waals surface area contributed by atoms with E-state index in [2.05, 4.69) is 4.18 Å². The average Bonchev–Trinajstić information content (AvgIpc) is 1.94. The first-order chi connectivity index (χ1) is 6.99. The second-order valence-electron chi connectivity index (χ2n) is 4.46. The van der Waals surface area contributed by atoms with Crippen molar-refractivity contribution in [2.45, 2.75) is 45.4 Å². The molecule has 0 aliphatic carbocycles. The average molecular weight is 253 g/mol. The Balaban J connectivity index is 3.94. The predicted octanol–water partition coefficient (Wildman–Crippen LogP) is 0.369. The Kier molecular flexibility index (Phi) is 5.37. The lowest BCUT2D eigenvalue weighted by Gasteiger charge is -2.20. The van der Waals surface area contributed by atoms with Gasteiger partial charge in [-0.3, -0.25) is 8.98 Å². The van der Waals surface area contributed by atoms with E-state index in [-0.39, 0.29) is 12.8 Å². The van der Waals surface area contributed by atoms with Gasteiger partial charge in [-0.2, -0.15) is 8.42 Å². The van der Waals surface area contributed by atoms with Crippen molar-refractivity contribution in [1.82, 2.24) is 0 Å². The fraction of sp³-hybridized carbons (Fsp3) is 0.889. The molecule has 0 fully saturated rings. The molecule has 0 saturated heterocycles. The fourth-order valence-electron chi connectivity index (χ4n) is 0.925. The Morgan fingerprint density at radius 2 is 1.88 bits per heavy atom. The highest BCUT2D eigenvalue weighted by Crippen LogP contribution is 2.10. The summed E-state index contributed by atoms with van der Waals surface area (Å²) in [6, 6.07) is 0. The van der Waals surface area contributed by atoms with Gasteiger partial charge >= 0.3 is 5.97 Å². The maximum Gasteiger partial charge on any atom is 0.306 e. The Hall–Kier alpha value is -0.660. The molecule has 0 aromatic carbocycles. The largest absolute Gasteiger partial charge is 0.460 e. The van der Waals surface area contributed by atoms with Crippen LogP contribution in [0.2, 0.25) is 0 Å². The SMILES string of the molecule is CC(C)(C)OC(=O)CCC(N)OS(C)(=O)=O. The van der Waals surface area contributed by atoms with Gasteiger partial charge in [0, 0.05) is 6.42 Å². The molecule has 0 spiro atoms. The van der Waals surface area contributed by atoms with Gasteiger partial charge in [-0.15, -0.1) is 0 Å². The highest BCUT2D eigenvalue weighted by Gasteiger charge is 2.18. The van der Waals surface area contributed by atoms with Gasteiger partial charge in [0.1, 0.15) is 11.8 Å². The van der Waals surface area contributed by atoms with Gasteiger partial charge in [-0.1, -0.05) is 0 Å². The summed E-state index contributed by atoms with van der Waals surface area (Å²) in [4.78, 5) is 11.2. The van der Waals surface area contributed by atoms with Gasteiger partial charge in [0.25, 0.3) is 10.1 Å². The molecule has 0 saturated carbocycles. The van der Waals surface area contributed by atoms with Gasteiger partial charge in [0.15, 0.2) is 0 Å². The third-order valence-corrected chi connectivity index (χ3v) is 1.95. The van der Waals surface area contributed by atoms with Crippen LogP contribution in [0.4, 0.5) is 0 Å². The van der Waals surface area contributed by atoms with E-state index >= 15 is 0 Å². The number of esters is 1. The Morgan fingerprint density at radius 3 is 2.25 bits per heavy atom. The van der Waals surface area contributed by atoms with Crippen LogP contribution in [0.3, 0.4) is 0 Å². The van der Waals surface area contributed by atoms with E-state index in [4.69, 9.17) is 10.5 Å². The molecule has 0 radical (unpaired) electrons. The van der Waals surface area contributed by atoms with E-state index in [9.17, 15) is 13.2 Å². The number of hydrogen-bond acceptors (Lipinski definition) is 6. The monoisotopic (exact) mass is 253 g/mol. The van der Waals surface area contributed by atoms with Crippen molar-refractivity contribution in [1.29, 1.82) is 0 Å². The summed E-state index contributed by atoms with van der Waals surface area (Å²) in [6.07, 6.45) is 0.0125. The summed E-state index contributed by atoms with van der Waals surface area (Å²) in [7, 11) is -3.58. The zero-order valence-electron chi connectivity index (χ0n) is 10.0. The lowest BCUT2D eigenvalue weighted by atomic mass is 10.2. The number of nitrogens with two attached hydrogens (primary N) is 1. The quantitative estimate of drug-likeness (QED) is 0.432. The fourth-order valence-corrected chi connectivity index (χ4v) is 1.47. The van der Waals surface area contributed by atoms with E-state index in [0.29, 0.717) is 0 Å². The minimum atomic E-state index is -3.58. The van der Waals surface area contributed by atoms with Crippen molar-refractivity contribution in [3.63, 3.8) is 0 Å². The molecule has 0 aromatic rings. The number of ether oxygens (including phenoxy) is 1. The third kappa shape index (κ3) is 9.88. The molecule has 96 valence electrons. The van der Waals surface area contributed by atoms with E-state index in [0.717, 1.165) is 6.26 Å². The molecule has 16 heavy (non-hydrogen) atoms. The van der Waals surface area contributed by atoms with E-state index in [1.54, 1.807) is 20.8 Å². The number of hydrogen-bond donors (Lipinski definition) is 1. The zero-order valence-corrected chi connectivity index (χ0v) is 10.8. The molecule has 0 bridgehead atoms. The molecule has 1 atom stereocenters. The highest BCUT2D eigenvalue weighted by atomic mass is 32.2. The van der Waals surface area contributed by atoms with Gasteiger partial charge < -0.3 is 10.5 Å². The molecule has 0 rings (SSSR count). The summed E-state index contributed by atoms with van der Waals surface area (Å²) >= 11 is 0. The molecule has 0 heterocycles. The molecule has 0 aromatic heterocycles. The van der Waals surface area contributed by atoms with Gasteiger partial charge in [0.2, 0.25) is 0 Å². The van der Waals surface area contributed by atoms with Crippen LogP contribution in [0.1, 0.15) is 33.6 Å². The molecular formula is C9H19NO5S. The van der Waals surface area contributed by atoms with Crippen molar-refractivity contribution >= 4 is 16.1 Å². The molecule has 6 nitrogen and oxygen atoms in total. The number of carbonyl (C=O) groups is 1. The molecule has 7 heteroatoms. The molecule has 0 amide bonds. The molecule has 0 aliphatic heterocycles. The summed E-state index contributed by atoms with van der Waals surface area (Å²) in [5.41, 5.74) is 4.81. The maximum atomic E-state index is 11.2. The topological polar surface area (TPSA) is 95.7 Å². The number of carbonyl (C=O) groups excluding carboxylic acids is 1. The van der Waals surface area contributed by atoms with Crippen LogP contribution < -0.4 is 5.73 Å². The maximum absolute atomic E-state index is 11.2. The summed E-state index contributed by atoms with van der Waals surface area (Å²) in [5, 5.41) is 0. The third-order valence-electron chi connectivity index (χ3n) is 1.35. The molecule has 2 N–H and O–H groups in total. The van der Waals surface area contributed by atoms with Crippen molar-refractivity contribution in [2.75, 3.05) is 6.26 Å². The predicted molar refractivity (Wildman–Crippen MR) is 59.0 cm³/mol. The highest BCUT2D eigenvalue weighted by molar-refractivity contribution is 7.86. The van der Waals surface area contributed by atoms with Crippen molar-refractivity contribution in [3.8, 4) is 0 Å². The Morgan fingerprint density at radius 1 is 1.38 bits per heavy atom. The normalized spacial score (nSPS) is 14.6. The van der Waals surface area contributed by atoms with Crippen LogP contribution >= 0.6 is 0 Å². The van der Waals surface area contributed by atoms with Crippen LogP contribution in [-0.4, -0.2) is 32.5 Å². The van der Waals surface area contributed by atoms with Crippen molar-refractivity contribution in [3.05, 3.63) is 0 Å². The van der Waals surface area contributed by atoms with E-state index in [1.807, 2.05) is 0 Å². The first-order valence-electron chi connectivity index (χ1n) is 4.85. The van der Waals surface area contributed by atoms with E-state index in [1.165, 1.54) is 0 Å². The van der Waals surface area contributed by atoms with Crippen molar-refractivity contribution in [2.24, 2.45) is 5.73 Å². The first kappa shape index (κ1) is 15.3. The lowest BCUT2D eigenvalue weighted by molar-refractivity contribution is -0.155. The molecule has 1 unspecified atom stereocenters.